The van der Waals surface area contributed by atoms with Gasteiger partial charge < -0.3 is 14.9 Å². The summed E-state index contributed by atoms with van der Waals surface area (Å²) in [7, 11) is 6.16. The van der Waals surface area contributed by atoms with Crippen molar-refractivity contribution in [2.75, 3.05) is 39.1 Å². The summed E-state index contributed by atoms with van der Waals surface area (Å²) in [5, 5.41) is 9.97. The van der Waals surface area contributed by atoms with E-state index >= 15 is 0 Å². The van der Waals surface area contributed by atoms with Crippen molar-refractivity contribution in [3.05, 3.63) is 28.8 Å². The molecule has 4 heteroatoms. The van der Waals surface area contributed by atoms with Crippen molar-refractivity contribution < 1.29 is 5.11 Å². The van der Waals surface area contributed by atoms with Gasteiger partial charge in [-0.3, -0.25) is 0 Å². The Labute approximate surface area is 109 Å². The van der Waals surface area contributed by atoms with Crippen LogP contribution < -0.4 is 4.90 Å². The lowest BCUT2D eigenvalue weighted by Crippen LogP contribution is -2.24. The fourth-order valence-electron chi connectivity index (χ4n) is 1.81. The van der Waals surface area contributed by atoms with Gasteiger partial charge in [-0.25, -0.2) is 0 Å². The van der Waals surface area contributed by atoms with Crippen LogP contribution in [0.4, 0.5) is 5.69 Å². The maximum absolute atomic E-state index is 9.34. The molecule has 0 unspecified atom stereocenters. The van der Waals surface area contributed by atoms with Crippen molar-refractivity contribution in [3.8, 4) is 0 Å². The Balaban J connectivity index is 2.68. The van der Waals surface area contributed by atoms with Crippen LogP contribution >= 0.6 is 11.6 Å². The summed E-state index contributed by atoms with van der Waals surface area (Å²) in [4.78, 5) is 4.31. The molecule has 0 aliphatic rings. The Morgan fingerprint density at radius 1 is 1.18 bits per heavy atom. The van der Waals surface area contributed by atoms with Crippen LogP contribution in [0.5, 0.6) is 0 Å². The van der Waals surface area contributed by atoms with Crippen LogP contribution in [0.15, 0.2) is 18.2 Å². The molecule has 1 aromatic carbocycles. The van der Waals surface area contributed by atoms with E-state index in [1.165, 1.54) is 0 Å². The molecular weight excluding hydrogens is 236 g/mol. The molecule has 96 valence electrons. The van der Waals surface area contributed by atoms with Gasteiger partial charge in [-0.15, -0.1) is 0 Å². The molecule has 1 rings (SSSR count). The van der Waals surface area contributed by atoms with Gasteiger partial charge in [-0.2, -0.15) is 0 Å². The quantitative estimate of drug-likeness (QED) is 0.846. The van der Waals surface area contributed by atoms with E-state index < -0.39 is 0 Å². The highest BCUT2D eigenvalue weighted by molar-refractivity contribution is 6.31. The Bertz CT molecular complexity index is 355. The number of hydrogen-bond acceptors (Lipinski definition) is 3. The number of nitrogens with zero attached hydrogens (tertiary/aromatic N) is 2. The lowest BCUT2D eigenvalue weighted by Gasteiger charge is -2.23. The van der Waals surface area contributed by atoms with Crippen molar-refractivity contribution in [3.63, 3.8) is 0 Å². The number of aliphatic hydroxyl groups excluding tert-OH is 1. The van der Waals surface area contributed by atoms with Gasteiger partial charge in [0.2, 0.25) is 0 Å². The maximum Gasteiger partial charge on any atom is 0.0716 e. The molecule has 0 heterocycles. The van der Waals surface area contributed by atoms with Gasteiger partial charge in [0.25, 0.3) is 0 Å². The summed E-state index contributed by atoms with van der Waals surface area (Å²) < 4.78 is 0. The minimum Gasteiger partial charge on any atom is -0.392 e. The number of aliphatic hydroxyl groups is 1. The van der Waals surface area contributed by atoms with Crippen molar-refractivity contribution >= 4 is 17.3 Å². The Hall–Kier alpha value is -0.770. The third-order valence-electron chi connectivity index (χ3n) is 2.76. The second-order valence-electron chi connectivity index (χ2n) is 4.47. The summed E-state index contributed by atoms with van der Waals surface area (Å²) in [5.41, 5.74) is 1.82. The van der Waals surface area contributed by atoms with Crippen LogP contribution in [0, 0.1) is 0 Å². The summed E-state index contributed by atoms with van der Waals surface area (Å²) in [6.07, 6.45) is 1.08. The molecule has 0 fully saturated rings. The summed E-state index contributed by atoms with van der Waals surface area (Å²) in [6.45, 7) is 1.98. The van der Waals surface area contributed by atoms with Crippen molar-refractivity contribution in [1.82, 2.24) is 4.90 Å². The highest BCUT2D eigenvalue weighted by atomic mass is 35.5. The van der Waals surface area contributed by atoms with Gasteiger partial charge in [-0.1, -0.05) is 17.7 Å². The van der Waals surface area contributed by atoms with E-state index in [4.69, 9.17) is 11.6 Å². The molecule has 0 aliphatic heterocycles. The van der Waals surface area contributed by atoms with Crippen LogP contribution in [-0.4, -0.2) is 44.2 Å². The maximum atomic E-state index is 9.34. The predicted octanol–water partition coefficient (Wildman–Crippen LogP) is 2.22. The van der Waals surface area contributed by atoms with Gasteiger partial charge in [0.1, 0.15) is 0 Å². The second-order valence-corrected chi connectivity index (χ2v) is 4.88. The fraction of sp³-hybridized carbons (Fsp3) is 0.538. The van der Waals surface area contributed by atoms with Gasteiger partial charge in [0.05, 0.1) is 6.61 Å². The van der Waals surface area contributed by atoms with Crippen LogP contribution in [0.1, 0.15) is 12.0 Å². The number of hydrogen-bond donors (Lipinski definition) is 1. The average Bonchev–Trinajstić information content (AvgIpc) is 2.28. The number of halogens is 1. The zero-order valence-corrected chi connectivity index (χ0v) is 11.5. The molecule has 17 heavy (non-hydrogen) atoms. The third-order valence-corrected chi connectivity index (χ3v) is 3.12. The Kier molecular flexibility index (Phi) is 5.75. The molecule has 0 bridgehead atoms. The van der Waals surface area contributed by atoms with E-state index in [1.54, 1.807) is 0 Å². The highest BCUT2D eigenvalue weighted by Gasteiger charge is 2.09. The zero-order valence-electron chi connectivity index (χ0n) is 10.8. The first-order chi connectivity index (χ1) is 8.06. The molecule has 1 N–H and O–H groups in total. The molecule has 3 nitrogen and oxygen atoms in total. The van der Waals surface area contributed by atoms with E-state index in [9.17, 15) is 5.11 Å². The van der Waals surface area contributed by atoms with E-state index in [2.05, 4.69) is 23.9 Å². The fourth-order valence-corrected chi connectivity index (χ4v) is 2.04. The molecule has 0 aliphatic carbocycles. The molecule has 0 aromatic heterocycles. The molecule has 0 spiro atoms. The second kappa shape index (κ2) is 6.84. The van der Waals surface area contributed by atoms with E-state index in [0.29, 0.717) is 5.02 Å². The van der Waals surface area contributed by atoms with Gasteiger partial charge in [0, 0.05) is 29.9 Å². The number of anilines is 1. The van der Waals surface area contributed by atoms with Gasteiger partial charge in [-0.05, 0) is 39.2 Å². The number of benzene rings is 1. The molecular formula is C13H21ClN2O. The van der Waals surface area contributed by atoms with Crippen molar-refractivity contribution in [2.45, 2.75) is 13.0 Å². The first kappa shape index (κ1) is 14.3. The van der Waals surface area contributed by atoms with Gasteiger partial charge in [0.15, 0.2) is 0 Å². The molecule has 1 aromatic rings. The van der Waals surface area contributed by atoms with Crippen LogP contribution in [0.3, 0.4) is 0 Å². The minimum absolute atomic E-state index is 0.0208. The number of rotatable bonds is 6. The summed E-state index contributed by atoms with van der Waals surface area (Å²) in [6, 6.07) is 5.72. The summed E-state index contributed by atoms with van der Waals surface area (Å²) >= 11 is 6.06. The SMILES string of the molecule is CN(C)CCCN(C)c1cccc(Cl)c1CO. The van der Waals surface area contributed by atoms with Crippen LogP contribution in [0.2, 0.25) is 5.02 Å². The standard InChI is InChI=1S/C13H21ClN2O/c1-15(2)8-5-9-16(3)13-7-4-6-12(14)11(13)10-17/h4,6-7,17H,5,8-10H2,1-3H3. The van der Waals surface area contributed by atoms with E-state index in [0.717, 1.165) is 30.8 Å². The molecule has 0 atom stereocenters. The summed E-state index contributed by atoms with van der Waals surface area (Å²) in [5.74, 6) is 0. The normalized spacial score (nSPS) is 10.9. The van der Waals surface area contributed by atoms with Gasteiger partial charge >= 0.3 is 0 Å². The smallest absolute Gasteiger partial charge is 0.0716 e. The Morgan fingerprint density at radius 2 is 1.88 bits per heavy atom. The van der Waals surface area contributed by atoms with Crippen LogP contribution in [-0.2, 0) is 6.61 Å². The van der Waals surface area contributed by atoms with Crippen LogP contribution in [0.25, 0.3) is 0 Å². The molecule has 0 radical (unpaired) electrons. The molecule has 0 saturated heterocycles. The monoisotopic (exact) mass is 256 g/mol. The first-order valence-corrected chi connectivity index (χ1v) is 6.18. The van der Waals surface area contributed by atoms with Crippen molar-refractivity contribution in [2.24, 2.45) is 0 Å². The Morgan fingerprint density at radius 3 is 2.47 bits per heavy atom. The van der Waals surface area contributed by atoms with Crippen molar-refractivity contribution in [1.29, 1.82) is 0 Å². The third kappa shape index (κ3) is 4.19. The minimum atomic E-state index is -0.0208. The zero-order chi connectivity index (χ0) is 12.8. The first-order valence-electron chi connectivity index (χ1n) is 5.80. The van der Waals surface area contributed by atoms with E-state index in [1.807, 2.05) is 25.2 Å². The predicted molar refractivity (Wildman–Crippen MR) is 73.8 cm³/mol. The topological polar surface area (TPSA) is 26.7 Å². The lowest BCUT2D eigenvalue weighted by molar-refractivity contribution is 0.282. The highest BCUT2D eigenvalue weighted by Crippen LogP contribution is 2.26. The molecule has 0 amide bonds. The average molecular weight is 257 g/mol. The largest absolute Gasteiger partial charge is 0.392 e. The lowest BCUT2D eigenvalue weighted by atomic mass is 10.1. The van der Waals surface area contributed by atoms with E-state index in [-0.39, 0.29) is 6.61 Å². The molecule has 0 saturated carbocycles.